The van der Waals surface area contributed by atoms with Crippen LogP contribution in [0.4, 0.5) is 16.2 Å². The molecule has 1 aliphatic heterocycles. The number of aromatic nitrogens is 1. The van der Waals surface area contributed by atoms with E-state index < -0.39 is 6.09 Å². The third kappa shape index (κ3) is 3.03. The lowest BCUT2D eigenvalue weighted by atomic mass is 10.00. The molecular weight excluding hydrogens is 330 g/mol. The predicted molar refractivity (Wildman–Crippen MR) is 101 cm³/mol. The van der Waals surface area contributed by atoms with Crippen molar-refractivity contribution in [2.75, 3.05) is 16.3 Å². The minimum Gasteiger partial charge on any atom is -0.465 e. The van der Waals surface area contributed by atoms with Crippen LogP contribution in [0.15, 0.2) is 30.3 Å². The van der Waals surface area contributed by atoms with Gasteiger partial charge >= 0.3 is 6.09 Å². The first-order valence-electron chi connectivity index (χ1n) is 8.72. The van der Waals surface area contributed by atoms with E-state index in [1.165, 1.54) is 4.90 Å². The second-order valence-corrected chi connectivity index (χ2v) is 6.72. The second kappa shape index (κ2) is 6.78. The minimum absolute atomic E-state index is 0.207. The van der Waals surface area contributed by atoms with E-state index in [2.05, 4.69) is 4.98 Å². The number of carbonyl (C=O) groups excluding carboxylic acids is 1. The van der Waals surface area contributed by atoms with E-state index in [-0.39, 0.29) is 11.9 Å². The number of hydrogen-bond donors (Lipinski definition) is 1. The van der Waals surface area contributed by atoms with E-state index in [9.17, 15) is 14.7 Å². The van der Waals surface area contributed by atoms with Crippen LogP contribution >= 0.6 is 0 Å². The average molecular weight is 353 g/mol. The fourth-order valence-corrected chi connectivity index (χ4v) is 3.35. The topological polar surface area (TPSA) is 73.7 Å². The zero-order chi connectivity index (χ0) is 19.0. The van der Waals surface area contributed by atoms with Crippen molar-refractivity contribution in [3.63, 3.8) is 0 Å². The van der Waals surface area contributed by atoms with Crippen molar-refractivity contribution in [1.82, 2.24) is 4.98 Å². The average Bonchev–Trinajstić information content (AvgIpc) is 2.60. The van der Waals surface area contributed by atoms with Gasteiger partial charge in [-0.3, -0.25) is 9.69 Å². The summed E-state index contributed by atoms with van der Waals surface area (Å²) in [6.07, 6.45) is -0.383. The number of nitrogens with zero attached hydrogens (tertiary/aromatic N) is 3. The zero-order valence-corrected chi connectivity index (χ0v) is 15.5. The molecule has 1 aromatic heterocycles. The molecule has 0 saturated heterocycles. The molecule has 0 saturated carbocycles. The SMILES string of the molecule is CCC1CN(C(=O)c2cccc(C)n2)c2cc(C)c(C)cc2N1C(=O)O. The van der Waals surface area contributed by atoms with Gasteiger partial charge in [0.25, 0.3) is 5.91 Å². The maximum atomic E-state index is 13.1. The summed E-state index contributed by atoms with van der Waals surface area (Å²) in [6, 6.07) is 8.79. The van der Waals surface area contributed by atoms with Crippen LogP contribution in [0.3, 0.4) is 0 Å². The van der Waals surface area contributed by atoms with E-state index in [1.54, 1.807) is 11.0 Å². The Hall–Kier alpha value is -2.89. The van der Waals surface area contributed by atoms with E-state index in [4.69, 9.17) is 0 Å². The van der Waals surface area contributed by atoms with Gasteiger partial charge in [-0.15, -0.1) is 0 Å². The molecule has 3 rings (SSSR count). The molecule has 136 valence electrons. The molecule has 1 unspecified atom stereocenters. The van der Waals surface area contributed by atoms with Crippen LogP contribution in [0.25, 0.3) is 0 Å². The van der Waals surface area contributed by atoms with Crippen LogP contribution in [0, 0.1) is 20.8 Å². The number of aryl methyl sites for hydroxylation is 3. The fourth-order valence-electron chi connectivity index (χ4n) is 3.35. The quantitative estimate of drug-likeness (QED) is 0.888. The van der Waals surface area contributed by atoms with Crippen LogP contribution in [0.1, 0.15) is 40.7 Å². The smallest absolute Gasteiger partial charge is 0.412 e. The molecule has 0 aliphatic carbocycles. The lowest BCUT2D eigenvalue weighted by molar-refractivity contribution is 0.0977. The van der Waals surface area contributed by atoms with Gasteiger partial charge < -0.3 is 10.0 Å². The first kappa shape index (κ1) is 17.9. The Morgan fingerprint density at radius 1 is 1.15 bits per heavy atom. The fraction of sp³-hybridized carbons (Fsp3) is 0.350. The number of amides is 2. The molecule has 1 aliphatic rings. The third-order valence-electron chi connectivity index (χ3n) is 4.93. The zero-order valence-electron chi connectivity index (χ0n) is 15.5. The molecular formula is C20H23N3O3. The van der Waals surface area contributed by atoms with Crippen LogP contribution in [-0.4, -0.2) is 34.7 Å². The Balaban J connectivity index is 2.15. The minimum atomic E-state index is -0.998. The summed E-state index contributed by atoms with van der Waals surface area (Å²) in [5, 5.41) is 9.74. The Morgan fingerprint density at radius 2 is 1.81 bits per heavy atom. The van der Waals surface area contributed by atoms with Crippen molar-refractivity contribution < 1.29 is 14.7 Å². The van der Waals surface area contributed by atoms with Gasteiger partial charge in [0, 0.05) is 12.2 Å². The van der Waals surface area contributed by atoms with Gasteiger partial charge in [0.15, 0.2) is 0 Å². The number of anilines is 2. The number of carboxylic acid groups (broad SMARTS) is 1. The van der Waals surface area contributed by atoms with Gasteiger partial charge in [0.05, 0.1) is 17.4 Å². The summed E-state index contributed by atoms with van der Waals surface area (Å²) < 4.78 is 0. The monoisotopic (exact) mass is 353 g/mol. The summed E-state index contributed by atoms with van der Waals surface area (Å²) >= 11 is 0. The summed E-state index contributed by atoms with van der Waals surface area (Å²) in [5.74, 6) is -0.207. The number of fused-ring (bicyclic) bond motifs is 1. The molecule has 6 nitrogen and oxygen atoms in total. The summed E-state index contributed by atoms with van der Waals surface area (Å²) in [4.78, 5) is 32.4. The predicted octanol–water partition coefficient (Wildman–Crippen LogP) is 3.93. The number of rotatable bonds is 2. The van der Waals surface area contributed by atoms with E-state index in [1.807, 2.05) is 52.0 Å². The molecule has 1 N–H and O–H groups in total. The number of hydrogen-bond acceptors (Lipinski definition) is 3. The van der Waals surface area contributed by atoms with Gasteiger partial charge in [-0.2, -0.15) is 0 Å². The van der Waals surface area contributed by atoms with Crippen LogP contribution in [0.5, 0.6) is 0 Å². The highest BCUT2D eigenvalue weighted by Gasteiger charge is 2.37. The Kier molecular flexibility index (Phi) is 4.68. The molecule has 1 atom stereocenters. The largest absolute Gasteiger partial charge is 0.465 e. The number of carbonyl (C=O) groups is 2. The summed E-state index contributed by atoms with van der Waals surface area (Å²) in [5.41, 5.74) is 4.32. The van der Waals surface area contributed by atoms with Crippen molar-refractivity contribution in [2.45, 2.75) is 40.2 Å². The first-order chi connectivity index (χ1) is 12.3. The number of benzene rings is 1. The van der Waals surface area contributed by atoms with Crippen molar-refractivity contribution in [1.29, 1.82) is 0 Å². The van der Waals surface area contributed by atoms with Crippen molar-refractivity contribution in [2.24, 2.45) is 0 Å². The van der Waals surface area contributed by atoms with E-state index in [0.29, 0.717) is 30.0 Å². The van der Waals surface area contributed by atoms with Crippen molar-refractivity contribution in [3.8, 4) is 0 Å². The molecule has 2 aromatic rings. The lowest BCUT2D eigenvalue weighted by Crippen LogP contribution is -2.53. The highest BCUT2D eigenvalue weighted by Crippen LogP contribution is 2.39. The standard InChI is InChI=1S/C20H23N3O3/c1-5-15-11-22(19(24)16-8-6-7-14(4)21-16)17-9-12(2)13(3)10-18(17)23(15)20(25)26/h6-10,15H,5,11H2,1-4H3,(H,25,26). The molecule has 0 spiro atoms. The van der Waals surface area contributed by atoms with Gasteiger partial charge in [0.2, 0.25) is 0 Å². The Bertz CT molecular complexity index is 879. The molecule has 0 radical (unpaired) electrons. The highest BCUT2D eigenvalue weighted by atomic mass is 16.4. The summed E-state index contributed by atoms with van der Waals surface area (Å²) in [6.45, 7) is 7.99. The van der Waals surface area contributed by atoms with Gasteiger partial charge in [-0.1, -0.05) is 13.0 Å². The Labute approximate surface area is 153 Å². The van der Waals surface area contributed by atoms with Crippen molar-refractivity contribution in [3.05, 3.63) is 52.8 Å². The molecule has 26 heavy (non-hydrogen) atoms. The maximum Gasteiger partial charge on any atom is 0.412 e. The van der Waals surface area contributed by atoms with Gasteiger partial charge in [-0.05, 0) is 62.6 Å². The molecule has 0 bridgehead atoms. The third-order valence-corrected chi connectivity index (χ3v) is 4.93. The summed E-state index contributed by atoms with van der Waals surface area (Å²) in [7, 11) is 0. The van der Waals surface area contributed by atoms with Crippen LogP contribution in [0.2, 0.25) is 0 Å². The first-order valence-corrected chi connectivity index (χ1v) is 8.72. The lowest BCUT2D eigenvalue weighted by Gasteiger charge is -2.41. The van der Waals surface area contributed by atoms with Gasteiger partial charge in [0.1, 0.15) is 5.69 Å². The second-order valence-electron chi connectivity index (χ2n) is 6.72. The number of pyridine rings is 1. The van der Waals surface area contributed by atoms with Crippen LogP contribution < -0.4 is 9.80 Å². The van der Waals surface area contributed by atoms with E-state index >= 15 is 0 Å². The maximum absolute atomic E-state index is 13.1. The molecule has 0 fully saturated rings. The molecule has 6 heteroatoms. The normalized spacial score (nSPS) is 16.4. The van der Waals surface area contributed by atoms with Crippen LogP contribution in [-0.2, 0) is 0 Å². The molecule has 2 amide bonds. The molecule has 1 aromatic carbocycles. The highest BCUT2D eigenvalue weighted by molar-refractivity contribution is 6.09. The van der Waals surface area contributed by atoms with Crippen molar-refractivity contribution >= 4 is 23.4 Å². The molecule has 2 heterocycles. The van der Waals surface area contributed by atoms with E-state index in [0.717, 1.165) is 16.8 Å². The van der Waals surface area contributed by atoms with Gasteiger partial charge in [-0.25, -0.2) is 9.78 Å². The Morgan fingerprint density at radius 3 is 2.38 bits per heavy atom.